The standard InChI is InChI=1S/C11H10FN3O/c12-7-3-6(4-8(16)5-7)9-1-2-15-11(14)10(9)13/h1-5,16H,13H2,(H2,14,15). The van der Waals surface area contributed by atoms with Gasteiger partial charge in [-0.25, -0.2) is 9.37 Å². The predicted molar refractivity (Wildman–Crippen MR) is 60.1 cm³/mol. The molecule has 82 valence electrons. The molecule has 0 saturated carbocycles. The number of rotatable bonds is 1. The second-order valence-electron chi connectivity index (χ2n) is 3.36. The molecule has 0 aliphatic rings. The third-order valence-electron chi connectivity index (χ3n) is 2.21. The monoisotopic (exact) mass is 219 g/mol. The van der Waals surface area contributed by atoms with Crippen LogP contribution < -0.4 is 11.5 Å². The van der Waals surface area contributed by atoms with E-state index < -0.39 is 5.82 Å². The topological polar surface area (TPSA) is 85.2 Å². The highest BCUT2D eigenvalue weighted by atomic mass is 19.1. The molecule has 0 unspecified atom stereocenters. The highest BCUT2D eigenvalue weighted by Crippen LogP contribution is 2.31. The molecule has 5 heteroatoms. The van der Waals surface area contributed by atoms with Crippen molar-refractivity contribution in [2.24, 2.45) is 0 Å². The lowest BCUT2D eigenvalue weighted by Gasteiger charge is -2.07. The molecular formula is C11H10FN3O. The summed E-state index contributed by atoms with van der Waals surface area (Å²) in [5, 5.41) is 9.29. The van der Waals surface area contributed by atoms with Gasteiger partial charge in [0.05, 0.1) is 5.69 Å². The van der Waals surface area contributed by atoms with Crippen LogP contribution in [-0.2, 0) is 0 Å². The number of anilines is 2. The maximum absolute atomic E-state index is 13.1. The second kappa shape index (κ2) is 3.69. The molecule has 0 saturated heterocycles. The molecular weight excluding hydrogens is 209 g/mol. The molecule has 1 heterocycles. The van der Waals surface area contributed by atoms with Crippen molar-refractivity contribution in [1.82, 2.24) is 4.98 Å². The minimum Gasteiger partial charge on any atom is -0.508 e. The number of nitrogen functional groups attached to an aromatic ring is 2. The Bertz CT molecular complexity index is 522. The van der Waals surface area contributed by atoms with Gasteiger partial charge in [-0.05, 0) is 23.8 Å². The third-order valence-corrected chi connectivity index (χ3v) is 2.21. The van der Waals surface area contributed by atoms with Crippen LogP contribution in [0, 0.1) is 5.82 Å². The molecule has 0 bridgehead atoms. The van der Waals surface area contributed by atoms with Crippen molar-refractivity contribution in [3.63, 3.8) is 0 Å². The fraction of sp³-hybridized carbons (Fsp3) is 0. The van der Waals surface area contributed by atoms with Crippen molar-refractivity contribution in [2.45, 2.75) is 0 Å². The normalized spacial score (nSPS) is 10.3. The van der Waals surface area contributed by atoms with Crippen molar-refractivity contribution >= 4 is 11.5 Å². The van der Waals surface area contributed by atoms with E-state index in [1.807, 2.05) is 0 Å². The van der Waals surface area contributed by atoms with Gasteiger partial charge in [0.15, 0.2) is 0 Å². The molecule has 0 spiro atoms. The highest BCUT2D eigenvalue weighted by Gasteiger charge is 2.08. The summed E-state index contributed by atoms with van der Waals surface area (Å²) in [5.74, 6) is -0.518. The van der Waals surface area contributed by atoms with E-state index in [4.69, 9.17) is 11.5 Å². The first-order chi connectivity index (χ1) is 7.58. The van der Waals surface area contributed by atoms with Crippen LogP contribution in [0.2, 0.25) is 0 Å². The number of aromatic hydroxyl groups is 1. The first-order valence-electron chi connectivity index (χ1n) is 4.58. The SMILES string of the molecule is Nc1nccc(-c2cc(O)cc(F)c2)c1N. The van der Waals surface area contributed by atoms with Gasteiger partial charge in [-0.15, -0.1) is 0 Å². The minimum absolute atomic E-state index is 0.162. The molecule has 0 aliphatic carbocycles. The zero-order valence-corrected chi connectivity index (χ0v) is 8.31. The van der Waals surface area contributed by atoms with Gasteiger partial charge in [-0.2, -0.15) is 0 Å². The maximum Gasteiger partial charge on any atom is 0.147 e. The van der Waals surface area contributed by atoms with E-state index in [0.29, 0.717) is 11.1 Å². The van der Waals surface area contributed by atoms with Gasteiger partial charge in [0.2, 0.25) is 0 Å². The Balaban J connectivity index is 2.63. The zero-order valence-electron chi connectivity index (χ0n) is 8.31. The Morgan fingerprint density at radius 3 is 2.62 bits per heavy atom. The van der Waals surface area contributed by atoms with Gasteiger partial charge in [0.1, 0.15) is 17.4 Å². The summed E-state index contributed by atoms with van der Waals surface area (Å²) in [6.45, 7) is 0. The second-order valence-corrected chi connectivity index (χ2v) is 3.36. The van der Waals surface area contributed by atoms with Crippen LogP contribution in [-0.4, -0.2) is 10.1 Å². The Kier molecular flexibility index (Phi) is 2.36. The molecule has 2 aromatic rings. The van der Waals surface area contributed by atoms with Gasteiger partial charge >= 0.3 is 0 Å². The van der Waals surface area contributed by atoms with Crippen LogP contribution in [0.1, 0.15) is 0 Å². The van der Waals surface area contributed by atoms with Crippen molar-refractivity contribution in [3.8, 4) is 16.9 Å². The minimum atomic E-state index is -0.537. The van der Waals surface area contributed by atoms with E-state index in [0.717, 1.165) is 6.07 Å². The molecule has 1 aromatic heterocycles. The highest BCUT2D eigenvalue weighted by molar-refractivity contribution is 5.82. The molecule has 0 amide bonds. The summed E-state index contributed by atoms with van der Waals surface area (Å²) in [7, 11) is 0. The van der Waals surface area contributed by atoms with Crippen molar-refractivity contribution in [1.29, 1.82) is 0 Å². The van der Waals surface area contributed by atoms with Crippen LogP contribution in [0.15, 0.2) is 30.5 Å². The molecule has 5 N–H and O–H groups in total. The van der Waals surface area contributed by atoms with E-state index in [2.05, 4.69) is 4.98 Å². The first kappa shape index (κ1) is 10.2. The lowest BCUT2D eigenvalue weighted by molar-refractivity contribution is 0.469. The number of phenolic OH excluding ortho intramolecular Hbond substituents is 1. The number of nitrogens with zero attached hydrogens (tertiary/aromatic N) is 1. The number of halogens is 1. The van der Waals surface area contributed by atoms with E-state index in [-0.39, 0.29) is 17.3 Å². The van der Waals surface area contributed by atoms with E-state index in [1.165, 1.54) is 18.3 Å². The molecule has 16 heavy (non-hydrogen) atoms. The fourth-order valence-corrected chi connectivity index (χ4v) is 1.47. The molecule has 0 aliphatic heterocycles. The molecule has 0 radical (unpaired) electrons. The zero-order chi connectivity index (χ0) is 11.7. The quantitative estimate of drug-likeness (QED) is 0.682. The van der Waals surface area contributed by atoms with Crippen LogP contribution in [0.25, 0.3) is 11.1 Å². The average molecular weight is 219 g/mol. The molecule has 1 aromatic carbocycles. The van der Waals surface area contributed by atoms with Gasteiger partial charge in [-0.1, -0.05) is 0 Å². The summed E-state index contributed by atoms with van der Waals surface area (Å²) in [4.78, 5) is 3.81. The van der Waals surface area contributed by atoms with Gasteiger partial charge < -0.3 is 16.6 Å². The van der Waals surface area contributed by atoms with Crippen LogP contribution in [0.4, 0.5) is 15.9 Å². The predicted octanol–water partition coefficient (Wildman–Crippen LogP) is 1.76. The Morgan fingerprint density at radius 2 is 1.94 bits per heavy atom. The van der Waals surface area contributed by atoms with Crippen LogP contribution in [0.3, 0.4) is 0 Å². The van der Waals surface area contributed by atoms with Crippen LogP contribution >= 0.6 is 0 Å². The number of aromatic nitrogens is 1. The molecule has 2 rings (SSSR count). The van der Waals surface area contributed by atoms with E-state index in [1.54, 1.807) is 6.07 Å². The largest absolute Gasteiger partial charge is 0.508 e. The molecule has 4 nitrogen and oxygen atoms in total. The Hall–Kier alpha value is -2.30. The number of benzene rings is 1. The van der Waals surface area contributed by atoms with Crippen molar-refractivity contribution in [3.05, 3.63) is 36.3 Å². The Labute approximate surface area is 91.3 Å². The van der Waals surface area contributed by atoms with Crippen LogP contribution in [0.5, 0.6) is 5.75 Å². The summed E-state index contributed by atoms with van der Waals surface area (Å²) in [6, 6.07) is 5.31. The number of pyridine rings is 1. The summed E-state index contributed by atoms with van der Waals surface area (Å²) >= 11 is 0. The number of phenols is 1. The van der Waals surface area contributed by atoms with E-state index >= 15 is 0 Å². The molecule has 0 fully saturated rings. The first-order valence-corrected chi connectivity index (χ1v) is 4.58. The summed E-state index contributed by atoms with van der Waals surface area (Å²) in [5.41, 5.74) is 12.5. The third kappa shape index (κ3) is 1.75. The van der Waals surface area contributed by atoms with Gasteiger partial charge in [0.25, 0.3) is 0 Å². The summed E-state index contributed by atoms with van der Waals surface area (Å²) < 4.78 is 13.1. The van der Waals surface area contributed by atoms with Crippen molar-refractivity contribution < 1.29 is 9.50 Å². The average Bonchev–Trinajstić information content (AvgIpc) is 2.20. The van der Waals surface area contributed by atoms with E-state index in [9.17, 15) is 9.50 Å². The van der Waals surface area contributed by atoms with Crippen molar-refractivity contribution in [2.75, 3.05) is 11.5 Å². The van der Waals surface area contributed by atoms with Gasteiger partial charge in [-0.3, -0.25) is 0 Å². The lowest BCUT2D eigenvalue weighted by atomic mass is 10.0. The fourth-order valence-electron chi connectivity index (χ4n) is 1.47. The number of nitrogens with two attached hydrogens (primary N) is 2. The smallest absolute Gasteiger partial charge is 0.147 e. The Morgan fingerprint density at radius 1 is 1.19 bits per heavy atom. The number of hydrogen-bond donors (Lipinski definition) is 3. The van der Waals surface area contributed by atoms with Gasteiger partial charge in [0, 0.05) is 17.8 Å². The molecule has 0 atom stereocenters. The number of hydrogen-bond acceptors (Lipinski definition) is 4. The summed E-state index contributed by atoms with van der Waals surface area (Å²) in [6.07, 6.45) is 1.48. The lowest BCUT2D eigenvalue weighted by Crippen LogP contribution is -1.99. The maximum atomic E-state index is 13.1.